The van der Waals surface area contributed by atoms with Gasteiger partial charge >= 0.3 is 6.18 Å². The van der Waals surface area contributed by atoms with Crippen LogP contribution in [-0.2, 0) is 18.1 Å². The molecular weight excluding hydrogens is 449 g/mol. The number of hydrogen-bond donors (Lipinski definition) is 0. The molecule has 0 N–H and O–H groups in total. The lowest BCUT2D eigenvalue weighted by molar-refractivity contribution is -0.137. The van der Waals surface area contributed by atoms with Crippen LogP contribution in [0.25, 0.3) is 5.69 Å². The fourth-order valence-corrected chi connectivity index (χ4v) is 5.33. The molecule has 0 bridgehead atoms. The van der Waals surface area contributed by atoms with Crippen LogP contribution in [0, 0.1) is 12.8 Å². The van der Waals surface area contributed by atoms with Crippen molar-refractivity contribution in [1.82, 2.24) is 19.0 Å². The maximum absolute atomic E-state index is 13.3. The molecule has 176 valence electrons. The normalized spacial score (nSPS) is 23.1. The molecule has 2 atom stereocenters. The largest absolute Gasteiger partial charge is 0.493 e. The Bertz CT molecular complexity index is 1390. The van der Waals surface area contributed by atoms with Gasteiger partial charge in [0.25, 0.3) is 11.5 Å². The summed E-state index contributed by atoms with van der Waals surface area (Å²) in [5.74, 6) is 0.141. The van der Waals surface area contributed by atoms with Crippen LogP contribution in [0.3, 0.4) is 0 Å². The average molecular weight is 470 g/mol. The zero-order valence-corrected chi connectivity index (χ0v) is 18.3. The highest BCUT2D eigenvalue weighted by molar-refractivity contribution is 5.93. The van der Waals surface area contributed by atoms with E-state index in [1.54, 1.807) is 34.1 Å². The number of hydrogen-bond acceptors (Lipinski definition) is 4. The lowest BCUT2D eigenvalue weighted by Crippen LogP contribution is -2.48. The van der Waals surface area contributed by atoms with Gasteiger partial charge in [-0.15, -0.1) is 0 Å². The molecule has 0 unspecified atom stereocenters. The monoisotopic (exact) mass is 470 g/mol. The number of carbonyl (C=O) groups is 1. The van der Waals surface area contributed by atoms with Gasteiger partial charge in [-0.3, -0.25) is 9.59 Å². The van der Waals surface area contributed by atoms with Crippen molar-refractivity contribution in [3.8, 4) is 11.4 Å². The number of halogens is 3. The number of carbonyl (C=O) groups excluding carboxylic acids is 1. The standard InChI is InChI=1S/C24H21F3N4O3/c1-14-10-30(13-28-14)18-4-5-19-21(32)29(6-7-31(19)22(18)33)12-23-9-16(23)11-34-20-8-15(24(25,26)27)2-3-17(20)23/h2-5,8,10,13,16H,6-7,9,11-12H2,1H3/t16-,23+/m1/s1. The van der Waals surface area contributed by atoms with Gasteiger partial charge in [0.1, 0.15) is 17.1 Å². The average Bonchev–Trinajstić information content (AvgIpc) is 3.37. The highest BCUT2D eigenvalue weighted by Gasteiger charge is 2.60. The van der Waals surface area contributed by atoms with E-state index in [4.69, 9.17) is 4.74 Å². The summed E-state index contributed by atoms with van der Waals surface area (Å²) in [5, 5.41) is 0. The predicted molar refractivity (Wildman–Crippen MR) is 115 cm³/mol. The number of aromatic nitrogens is 3. The van der Waals surface area contributed by atoms with Crippen molar-refractivity contribution >= 4 is 5.91 Å². The van der Waals surface area contributed by atoms with Gasteiger partial charge < -0.3 is 18.8 Å². The van der Waals surface area contributed by atoms with E-state index in [2.05, 4.69) is 4.98 Å². The lowest BCUT2D eigenvalue weighted by atomic mass is 9.89. The molecule has 3 aliphatic rings. The number of fused-ring (bicyclic) bond motifs is 4. The SMILES string of the molecule is Cc1cn(-c2ccc3n(c2=O)CCN(C[C@@]24C[C@@H]2COc2cc(C(F)(F)F)ccc24)C3=O)cn1. The second kappa shape index (κ2) is 6.97. The third-order valence-electron chi connectivity index (χ3n) is 7.23. The van der Waals surface area contributed by atoms with Crippen LogP contribution >= 0.6 is 0 Å². The molecule has 3 aromatic rings. The van der Waals surface area contributed by atoms with Crippen molar-refractivity contribution in [1.29, 1.82) is 0 Å². The van der Waals surface area contributed by atoms with Gasteiger partial charge in [0.05, 0.1) is 24.2 Å². The fourth-order valence-electron chi connectivity index (χ4n) is 5.33. The van der Waals surface area contributed by atoms with Crippen molar-refractivity contribution in [2.75, 3.05) is 19.7 Å². The van der Waals surface area contributed by atoms with E-state index in [1.165, 1.54) is 10.6 Å². The Hall–Kier alpha value is -3.56. The first-order valence-corrected chi connectivity index (χ1v) is 11.1. The Kier molecular flexibility index (Phi) is 4.31. The van der Waals surface area contributed by atoms with Crippen LogP contribution in [0.1, 0.15) is 33.7 Å². The summed E-state index contributed by atoms with van der Waals surface area (Å²) in [4.78, 5) is 32.2. The number of alkyl halides is 3. The Morgan fingerprint density at radius 1 is 1.18 bits per heavy atom. The first-order valence-electron chi connectivity index (χ1n) is 11.1. The lowest BCUT2D eigenvalue weighted by Gasteiger charge is -2.35. The molecule has 1 aromatic carbocycles. The van der Waals surface area contributed by atoms with Crippen LogP contribution in [0.15, 0.2) is 47.7 Å². The van der Waals surface area contributed by atoms with Crippen molar-refractivity contribution in [3.63, 3.8) is 0 Å². The van der Waals surface area contributed by atoms with E-state index in [0.29, 0.717) is 37.6 Å². The topological polar surface area (TPSA) is 69.4 Å². The summed E-state index contributed by atoms with van der Waals surface area (Å²) in [6.07, 6.45) is -0.379. The summed E-state index contributed by atoms with van der Waals surface area (Å²) in [7, 11) is 0. The fraction of sp³-hybridized carbons (Fsp3) is 0.375. The number of benzene rings is 1. The Morgan fingerprint density at radius 3 is 2.74 bits per heavy atom. The zero-order chi connectivity index (χ0) is 23.8. The van der Waals surface area contributed by atoms with Gasteiger partial charge in [-0.05, 0) is 37.6 Å². The molecular formula is C24H21F3N4O3. The van der Waals surface area contributed by atoms with Gasteiger partial charge in [-0.1, -0.05) is 6.07 Å². The third kappa shape index (κ3) is 3.08. The molecule has 0 saturated heterocycles. The first-order chi connectivity index (χ1) is 16.2. The molecule has 1 amide bonds. The molecule has 1 saturated carbocycles. The molecule has 10 heteroatoms. The Labute approximate surface area is 192 Å². The number of imidazole rings is 1. The van der Waals surface area contributed by atoms with E-state index in [1.807, 2.05) is 6.92 Å². The molecule has 7 nitrogen and oxygen atoms in total. The van der Waals surface area contributed by atoms with Gasteiger partial charge in [-0.25, -0.2) is 4.98 Å². The smallest absolute Gasteiger partial charge is 0.416 e. The molecule has 2 aliphatic heterocycles. The van der Waals surface area contributed by atoms with Gasteiger partial charge in [0.15, 0.2) is 0 Å². The summed E-state index contributed by atoms with van der Waals surface area (Å²) < 4.78 is 48.2. The molecule has 2 aromatic heterocycles. The molecule has 1 aliphatic carbocycles. The minimum absolute atomic E-state index is 0.153. The van der Waals surface area contributed by atoms with E-state index in [-0.39, 0.29) is 23.1 Å². The predicted octanol–water partition coefficient (Wildman–Crippen LogP) is 3.17. The second-order valence-corrected chi connectivity index (χ2v) is 9.29. The van der Waals surface area contributed by atoms with E-state index in [9.17, 15) is 22.8 Å². The van der Waals surface area contributed by atoms with Crippen LogP contribution in [0.5, 0.6) is 5.75 Å². The van der Waals surface area contributed by atoms with Crippen LogP contribution < -0.4 is 10.3 Å². The van der Waals surface area contributed by atoms with Crippen molar-refractivity contribution in [3.05, 3.63) is 75.7 Å². The van der Waals surface area contributed by atoms with Crippen molar-refractivity contribution < 1.29 is 22.7 Å². The summed E-state index contributed by atoms with van der Waals surface area (Å²) in [6.45, 7) is 3.24. The van der Waals surface area contributed by atoms with Gasteiger partial charge in [0, 0.05) is 42.7 Å². The van der Waals surface area contributed by atoms with E-state index < -0.39 is 17.2 Å². The second-order valence-electron chi connectivity index (χ2n) is 9.29. The van der Waals surface area contributed by atoms with Gasteiger partial charge in [0.2, 0.25) is 0 Å². The number of rotatable bonds is 3. The molecule has 1 fully saturated rings. The molecule has 34 heavy (non-hydrogen) atoms. The van der Waals surface area contributed by atoms with Crippen LogP contribution in [-0.4, -0.2) is 44.6 Å². The molecule has 6 rings (SSSR count). The number of amides is 1. The highest BCUT2D eigenvalue weighted by Crippen LogP contribution is 2.60. The van der Waals surface area contributed by atoms with Crippen LogP contribution in [0.4, 0.5) is 13.2 Å². The third-order valence-corrected chi connectivity index (χ3v) is 7.23. The quantitative estimate of drug-likeness (QED) is 0.590. The summed E-state index contributed by atoms with van der Waals surface area (Å²) in [5.41, 5.74) is 0.813. The van der Waals surface area contributed by atoms with Crippen LogP contribution in [0.2, 0.25) is 0 Å². The Morgan fingerprint density at radius 2 is 2.00 bits per heavy atom. The molecule has 4 heterocycles. The van der Waals surface area contributed by atoms with Crippen molar-refractivity contribution in [2.45, 2.75) is 31.5 Å². The number of ether oxygens (including phenoxy) is 1. The van der Waals surface area contributed by atoms with Gasteiger partial charge in [-0.2, -0.15) is 13.2 Å². The van der Waals surface area contributed by atoms with E-state index >= 15 is 0 Å². The van der Waals surface area contributed by atoms with Crippen molar-refractivity contribution in [2.24, 2.45) is 5.92 Å². The zero-order valence-electron chi connectivity index (χ0n) is 18.3. The maximum Gasteiger partial charge on any atom is 0.416 e. The first kappa shape index (κ1) is 21.0. The maximum atomic E-state index is 13.3. The van der Waals surface area contributed by atoms with E-state index in [0.717, 1.165) is 29.8 Å². The summed E-state index contributed by atoms with van der Waals surface area (Å²) >= 11 is 0. The molecule has 0 spiro atoms. The Balaban J connectivity index is 1.29. The minimum Gasteiger partial charge on any atom is -0.493 e. The minimum atomic E-state index is -4.44. The number of aryl methyl sites for hydroxylation is 1. The number of pyridine rings is 1. The highest BCUT2D eigenvalue weighted by atomic mass is 19.4. The number of nitrogens with zero attached hydrogens (tertiary/aromatic N) is 4. The molecule has 0 radical (unpaired) electrons. The summed E-state index contributed by atoms with van der Waals surface area (Å²) in [6, 6.07) is 6.89.